The number of rotatable bonds is 7. The molecule has 0 aliphatic heterocycles. The molecule has 0 spiro atoms. The van der Waals surface area contributed by atoms with E-state index < -0.39 is 10.4 Å². The summed E-state index contributed by atoms with van der Waals surface area (Å²) >= 11 is 0. The van der Waals surface area contributed by atoms with Gasteiger partial charge in [0, 0.05) is 11.5 Å². The summed E-state index contributed by atoms with van der Waals surface area (Å²) in [5.41, 5.74) is 2.13. The van der Waals surface area contributed by atoms with E-state index in [9.17, 15) is 13.0 Å². The summed E-state index contributed by atoms with van der Waals surface area (Å²) < 4.78 is 40.8. The molecule has 0 aromatic heterocycles. The molecule has 0 fully saturated rings. The summed E-state index contributed by atoms with van der Waals surface area (Å²) in [6.45, 7) is 1.75. The van der Waals surface area contributed by atoms with Gasteiger partial charge in [-0.1, -0.05) is 70.3 Å². The van der Waals surface area contributed by atoms with E-state index in [0.717, 1.165) is 11.1 Å². The van der Waals surface area contributed by atoms with E-state index in [1.165, 1.54) is 0 Å². The predicted octanol–water partition coefficient (Wildman–Crippen LogP) is 0.970. The largest absolute Gasteiger partial charge is 1.00 e. The second kappa shape index (κ2) is 12.5. The summed E-state index contributed by atoms with van der Waals surface area (Å²) in [4.78, 5) is 0. The second-order valence-corrected chi connectivity index (χ2v) is 5.80. The van der Waals surface area contributed by atoms with Crippen LogP contribution in [-0.4, -0.2) is 26.2 Å². The zero-order valence-electron chi connectivity index (χ0n) is 13.1. The van der Waals surface area contributed by atoms with Crippen LogP contribution in [0, 0.1) is 0 Å². The standard InChI is InChI=1S/C16H18O5S.2CH4.Na/c1-13(14-7-3-2-4-8-14)15-9-5-6-10-16(15)20-11-12-21-22(17,18)19;;;/h2-10,13H,11-12H2,1H3,(H,17,18,19);2*1H4;/q;;;+1/p-1. The summed E-state index contributed by atoms with van der Waals surface area (Å²) in [6.07, 6.45) is 0. The van der Waals surface area contributed by atoms with Gasteiger partial charge >= 0.3 is 29.6 Å². The smallest absolute Gasteiger partial charge is 0.726 e. The topological polar surface area (TPSA) is 75.7 Å². The molecule has 0 saturated heterocycles. The quantitative estimate of drug-likeness (QED) is 0.312. The van der Waals surface area contributed by atoms with Gasteiger partial charge in [0.05, 0.1) is 6.61 Å². The van der Waals surface area contributed by atoms with Crippen LogP contribution in [0.4, 0.5) is 0 Å². The second-order valence-electron chi connectivity index (χ2n) is 4.75. The van der Waals surface area contributed by atoms with Gasteiger partial charge in [-0.05, 0) is 11.6 Å². The summed E-state index contributed by atoms with van der Waals surface area (Å²) in [5, 5.41) is 0. The monoisotopic (exact) mass is 376 g/mol. The Morgan fingerprint density at radius 2 is 1.52 bits per heavy atom. The van der Waals surface area contributed by atoms with Crippen LogP contribution in [0.3, 0.4) is 0 Å². The van der Waals surface area contributed by atoms with Gasteiger partial charge in [-0.3, -0.25) is 4.18 Å². The molecule has 0 aliphatic rings. The zero-order chi connectivity index (χ0) is 16.0. The fraction of sp³-hybridized carbons (Fsp3) is 0.333. The van der Waals surface area contributed by atoms with Gasteiger partial charge in [0.1, 0.15) is 12.4 Å². The molecule has 0 N–H and O–H groups in total. The Labute approximate surface area is 173 Å². The first-order valence-corrected chi connectivity index (χ1v) is 8.17. The van der Waals surface area contributed by atoms with Crippen LogP contribution in [0.25, 0.3) is 0 Å². The molecule has 0 aliphatic carbocycles. The van der Waals surface area contributed by atoms with Crippen molar-refractivity contribution in [1.29, 1.82) is 0 Å². The van der Waals surface area contributed by atoms with Crippen molar-refractivity contribution in [3.8, 4) is 5.75 Å². The number of ether oxygens (including phenoxy) is 1. The molecule has 2 aromatic rings. The Balaban J connectivity index is 0. The van der Waals surface area contributed by atoms with Crippen LogP contribution in [0.2, 0.25) is 0 Å². The van der Waals surface area contributed by atoms with Crippen molar-refractivity contribution in [1.82, 2.24) is 0 Å². The molecule has 2 rings (SSSR count). The Morgan fingerprint density at radius 3 is 2.12 bits per heavy atom. The third kappa shape index (κ3) is 8.85. The first-order chi connectivity index (χ1) is 10.5. The van der Waals surface area contributed by atoms with Crippen LogP contribution in [-0.2, 0) is 14.6 Å². The van der Waals surface area contributed by atoms with Crippen LogP contribution in [0.15, 0.2) is 54.6 Å². The van der Waals surface area contributed by atoms with Crippen molar-refractivity contribution in [3.05, 3.63) is 65.7 Å². The van der Waals surface area contributed by atoms with Crippen molar-refractivity contribution in [2.75, 3.05) is 13.2 Å². The van der Waals surface area contributed by atoms with Crippen molar-refractivity contribution in [2.24, 2.45) is 0 Å². The molecule has 2 aromatic carbocycles. The molecule has 0 radical (unpaired) electrons. The van der Waals surface area contributed by atoms with E-state index in [-0.39, 0.29) is 63.5 Å². The van der Waals surface area contributed by atoms with Gasteiger partial charge in [-0.2, -0.15) is 0 Å². The van der Waals surface area contributed by atoms with Crippen LogP contribution in [0.1, 0.15) is 38.8 Å². The maximum absolute atomic E-state index is 10.4. The van der Waals surface area contributed by atoms with Crippen molar-refractivity contribution < 1.29 is 51.4 Å². The molecule has 1 unspecified atom stereocenters. The van der Waals surface area contributed by atoms with Gasteiger partial charge in [0.2, 0.25) is 10.4 Å². The van der Waals surface area contributed by atoms with Gasteiger partial charge in [0.25, 0.3) is 0 Å². The molecule has 1 atom stereocenters. The minimum absolute atomic E-state index is 0. The third-order valence-corrected chi connectivity index (χ3v) is 3.71. The number of hydrogen-bond donors (Lipinski definition) is 0. The average Bonchev–Trinajstić information content (AvgIpc) is 2.51. The number of hydrogen-bond acceptors (Lipinski definition) is 5. The van der Waals surface area contributed by atoms with E-state index in [2.05, 4.69) is 11.1 Å². The van der Waals surface area contributed by atoms with Gasteiger partial charge in [-0.15, -0.1) is 0 Å². The maximum atomic E-state index is 10.4. The maximum Gasteiger partial charge on any atom is 1.00 e. The molecule has 0 heterocycles. The Morgan fingerprint density at radius 1 is 0.960 bits per heavy atom. The van der Waals surface area contributed by atoms with E-state index in [1.54, 1.807) is 6.07 Å². The number of benzene rings is 2. The molecular formula is C18H25NaO5S. The first-order valence-electron chi connectivity index (χ1n) is 6.84. The van der Waals surface area contributed by atoms with E-state index in [0.29, 0.717) is 5.75 Å². The predicted molar refractivity (Wildman–Crippen MR) is 95.0 cm³/mol. The minimum atomic E-state index is -4.68. The minimum Gasteiger partial charge on any atom is -0.726 e. The van der Waals surface area contributed by atoms with Gasteiger partial charge in [0.15, 0.2) is 0 Å². The molecular weight excluding hydrogens is 351 g/mol. The van der Waals surface area contributed by atoms with Crippen molar-refractivity contribution >= 4 is 10.4 Å². The molecule has 25 heavy (non-hydrogen) atoms. The Bertz CT molecular complexity index is 704. The summed E-state index contributed by atoms with van der Waals surface area (Å²) in [5.74, 6) is 0.771. The average molecular weight is 376 g/mol. The van der Waals surface area contributed by atoms with E-state index in [4.69, 9.17) is 4.74 Å². The van der Waals surface area contributed by atoms with Gasteiger partial charge < -0.3 is 9.29 Å². The van der Waals surface area contributed by atoms with Crippen molar-refractivity contribution in [2.45, 2.75) is 27.7 Å². The van der Waals surface area contributed by atoms with E-state index in [1.807, 2.05) is 48.5 Å². The summed E-state index contributed by atoms with van der Waals surface area (Å²) in [6, 6.07) is 17.5. The molecule has 0 amide bonds. The SMILES string of the molecule is C.C.CC(c1ccccc1)c1ccccc1OCCOS(=O)(=O)[O-].[Na+]. The van der Waals surface area contributed by atoms with Crippen LogP contribution >= 0.6 is 0 Å². The number of para-hydroxylation sites is 1. The molecule has 0 saturated carbocycles. The Kier molecular flexibility index (Phi) is 13.1. The fourth-order valence-corrected chi connectivity index (χ4v) is 2.45. The molecule has 5 nitrogen and oxygen atoms in total. The normalized spacial score (nSPS) is 11.3. The molecule has 134 valence electrons. The van der Waals surface area contributed by atoms with Crippen LogP contribution in [0.5, 0.6) is 5.75 Å². The summed E-state index contributed by atoms with van der Waals surface area (Å²) in [7, 11) is -4.68. The third-order valence-electron chi connectivity index (χ3n) is 3.25. The first kappa shape index (κ1) is 26.3. The fourth-order valence-electron chi connectivity index (χ4n) is 2.18. The Hall–Kier alpha value is -0.890. The van der Waals surface area contributed by atoms with Crippen LogP contribution < -0.4 is 34.3 Å². The van der Waals surface area contributed by atoms with Gasteiger partial charge in [-0.25, -0.2) is 8.42 Å². The van der Waals surface area contributed by atoms with E-state index >= 15 is 0 Å². The van der Waals surface area contributed by atoms with Crippen molar-refractivity contribution in [3.63, 3.8) is 0 Å². The molecule has 0 bridgehead atoms. The zero-order valence-corrected chi connectivity index (χ0v) is 16.0. The molecule has 7 heteroatoms.